The average molecular weight is 391 g/mol. The van der Waals surface area contributed by atoms with Crippen LogP contribution in [0.5, 0.6) is 0 Å². The van der Waals surface area contributed by atoms with Crippen molar-refractivity contribution in [1.82, 2.24) is 0 Å². The maximum absolute atomic E-state index is 4.29. The molecule has 2 atom stereocenters. The van der Waals surface area contributed by atoms with Crippen molar-refractivity contribution in [3.05, 3.63) is 114 Å². The van der Waals surface area contributed by atoms with Gasteiger partial charge in [0.25, 0.3) is 0 Å². The molecule has 0 fully saturated rings. The number of allylic oxidation sites excluding steroid dienone is 2. The van der Waals surface area contributed by atoms with E-state index in [4.69, 9.17) is 0 Å². The van der Waals surface area contributed by atoms with E-state index in [2.05, 4.69) is 118 Å². The van der Waals surface area contributed by atoms with Crippen LogP contribution in [0.2, 0.25) is 0 Å². The van der Waals surface area contributed by atoms with Gasteiger partial charge in [-0.25, -0.2) is 0 Å². The fourth-order valence-corrected chi connectivity index (χ4v) is 6.54. The van der Waals surface area contributed by atoms with Gasteiger partial charge in [0.05, 0.1) is 0 Å². The lowest BCUT2D eigenvalue weighted by atomic mass is 9.50. The SMILES string of the molecule is C=CC(CC)C1(C(C)(C)C2c3ccccc3-c3ccccc32)C=Cc2ccccc21. The molecule has 0 nitrogen and oxygen atoms in total. The summed E-state index contributed by atoms with van der Waals surface area (Å²) in [6.45, 7) is 11.6. The lowest BCUT2D eigenvalue weighted by Crippen LogP contribution is -2.48. The summed E-state index contributed by atoms with van der Waals surface area (Å²) in [7, 11) is 0. The molecule has 0 amide bonds. The van der Waals surface area contributed by atoms with Crippen molar-refractivity contribution in [1.29, 1.82) is 0 Å². The van der Waals surface area contributed by atoms with Gasteiger partial charge in [-0.3, -0.25) is 0 Å². The van der Waals surface area contributed by atoms with Crippen LogP contribution in [0.25, 0.3) is 17.2 Å². The van der Waals surface area contributed by atoms with Crippen LogP contribution in [0.4, 0.5) is 0 Å². The van der Waals surface area contributed by atoms with E-state index in [1.807, 2.05) is 0 Å². The van der Waals surface area contributed by atoms with Gasteiger partial charge in [0.2, 0.25) is 0 Å². The smallest absolute Gasteiger partial charge is 0.0264 e. The molecule has 2 aliphatic rings. The molecule has 5 rings (SSSR count). The Balaban J connectivity index is 1.80. The van der Waals surface area contributed by atoms with Crippen molar-refractivity contribution in [3.63, 3.8) is 0 Å². The van der Waals surface area contributed by atoms with Crippen molar-refractivity contribution in [3.8, 4) is 11.1 Å². The molecule has 2 aliphatic carbocycles. The first kappa shape index (κ1) is 19.1. The largest absolute Gasteiger partial charge is 0.103 e. The predicted octanol–water partition coefficient (Wildman–Crippen LogP) is 8.00. The van der Waals surface area contributed by atoms with E-state index in [9.17, 15) is 0 Å². The summed E-state index contributed by atoms with van der Waals surface area (Å²) in [5.41, 5.74) is 8.35. The molecule has 3 aromatic carbocycles. The van der Waals surface area contributed by atoms with Gasteiger partial charge in [0.1, 0.15) is 0 Å². The van der Waals surface area contributed by atoms with Crippen molar-refractivity contribution >= 4 is 6.08 Å². The molecule has 0 radical (unpaired) electrons. The minimum atomic E-state index is -0.102. The number of fused-ring (bicyclic) bond motifs is 4. The summed E-state index contributed by atoms with van der Waals surface area (Å²) in [6.07, 6.45) is 8.11. The molecule has 0 N–H and O–H groups in total. The standard InChI is InChI=1S/C30H30/c1-5-22(6-2)30(20-19-21-13-7-12-18-27(21)30)29(3,4)28-25-16-10-8-14-23(25)24-15-9-11-17-26(24)28/h5,7-20,22,28H,1,6H2,2-4H3. The predicted molar refractivity (Wildman–Crippen MR) is 129 cm³/mol. The fourth-order valence-electron chi connectivity index (χ4n) is 6.54. The van der Waals surface area contributed by atoms with Crippen LogP contribution in [0.3, 0.4) is 0 Å². The summed E-state index contributed by atoms with van der Waals surface area (Å²) in [4.78, 5) is 0. The molecule has 0 saturated carbocycles. The Morgan fingerprint density at radius 1 is 0.900 bits per heavy atom. The van der Waals surface area contributed by atoms with E-state index in [0.29, 0.717) is 11.8 Å². The molecule has 0 heteroatoms. The maximum Gasteiger partial charge on any atom is 0.0264 e. The first-order valence-electron chi connectivity index (χ1n) is 11.2. The van der Waals surface area contributed by atoms with Gasteiger partial charge in [-0.05, 0) is 51.1 Å². The molecule has 0 aliphatic heterocycles. The Labute approximate surface area is 181 Å². The Kier molecular flexibility index (Phi) is 4.36. The number of benzene rings is 3. The monoisotopic (exact) mass is 390 g/mol. The molecule has 0 heterocycles. The molecule has 3 aromatic rings. The Morgan fingerprint density at radius 3 is 2.07 bits per heavy atom. The van der Waals surface area contributed by atoms with Gasteiger partial charge in [-0.15, -0.1) is 6.58 Å². The van der Waals surface area contributed by atoms with Crippen molar-refractivity contribution in [2.24, 2.45) is 11.3 Å². The van der Waals surface area contributed by atoms with Crippen LogP contribution in [0.15, 0.2) is 91.5 Å². The summed E-state index contributed by atoms with van der Waals surface area (Å²) >= 11 is 0. The van der Waals surface area contributed by atoms with Gasteiger partial charge >= 0.3 is 0 Å². The van der Waals surface area contributed by atoms with Crippen LogP contribution in [0, 0.1) is 11.3 Å². The summed E-state index contributed by atoms with van der Waals surface area (Å²) < 4.78 is 0. The van der Waals surface area contributed by atoms with Crippen molar-refractivity contribution in [2.45, 2.75) is 38.5 Å². The van der Waals surface area contributed by atoms with Crippen molar-refractivity contribution < 1.29 is 0 Å². The van der Waals surface area contributed by atoms with Crippen LogP contribution >= 0.6 is 0 Å². The first-order chi connectivity index (χ1) is 14.6. The van der Waals surface area contributed by atoms with E-state index in [1.165, 1.54) is 33.4 Å². The lowest BCUT2D eigenvalue weighted by Gasteiger charge is -2.52. The Hall–Kier alpha value is -2.86. The minimum Gasteiger partial charge on any atom is -0.103 e. The molecular weight excluding hydrogens is 360 g/mol. The number of hydrogen-bond donors (Lipinski definition) is 0. The first-order valence-corrected chi connectivity index (χ1v) is 11.2. The second-order valence-corrected chi connectivity index (χ2v) is 9.37. The highest BCUT2D eigenvalue weighted by Crippen LogP contribution is 2.64. The number of rotatable bonds is 5. The van der Waals surface area contributed by atoms with E-state index in [-0.39, 0.29) is 10.8 Å². The molecule has 0 saturated heterocycles. The Morgan fingerprint density at radius 2 is 1.47 bits per heavy atom. The van der Waals surface area contributed by atoms with Crippen LogP contribution in [-0.2, 0) is 5.41 Å². The quantitative estimate of drug-likeness (QED) is 0.387. The highest BCUT2D eigenvalue weighted by Gasteiger charge is 2.56. The maximum atomic E-state index is 4.29. The van der Waals surface area contributed by atoms with Crippen LogP contribution < -0.4 is 0 Å². The zero-order valence-corrected chi connectivity index (χ0v) is 18.2. The summed E-state index contributed by atoms with van der Waals surface area (Å²) in [5.74, 6) is 0.696. The van der Waals surface area contributed by atoms with Crippen molar-refractivity contribution in [2.75, 3.05) is 0 Å². The third kappa shape index (κ3) is 2.34. The third-order valence-electron chi connectivity index (χ3n) is 7.86. The highest BCUT2D eigenvalue weighted by atomic mass is 14.6. The molecule has 0 aromatic heterocycles. The summed E-state index contributed by atoms with van der Waals surface area (Å²) in [6, 6.07) is 27.0. The topological polar surface area (TPSA) is 0 Å². The Bertz CT molecular complexity index is 1100. The number of hydrogen-bond acceptors (Lipinski definition) is 0. The van der Waals surface area contributed by atoms with Gasteiger partial charge in [0, 0.05) is 11.3 Å². The van der Waals surface area contributed by atoms with Crippen LogP contribution in [-0.4, -0.2) is 0 Å². The van der Waals surface area contributed by atoms with E-state index >= 15 is 0 Å². The summed E-state index contributed by atoms with van der Waals surface area (Å²) in [5, 5.41) is 0. The molecule has 0 spiro atoms. The van der Waals surface area contributed by atoms with Gasteiger partial charge in [0.15, 0.2) is 0 Å². The van der Waals surface area contributed by atoms with E-state index in [1.54, 1.807) is 0 Å². The second kappa shape index (κ2) is 6.84. The normalized spacial score (nSPS) is 20.5. The van der Waals surface area contributed by atoms with Gasteiger partial charge in [-0.2, -0.15) is 0 Å². The molecular formula is C30H30. The van der Waals surface area contributed by atoms with E-state index < -0.39 is 0 Å². The molecule has 0 bridgehead atoms. The van der Waals surface area contributed by atoms with Gasteiger partial charge in [-0.1, -0.05) is 112 Å². The second-order valence-electron chi connectivity index (χ2n) is 9.37. The lowest BCUT2D eigenvalue weighted by molar-refractivity contribution is 0.137. The molecule has 2 unspecified atom stereocenters. The fraction of sp³-hybridized carbons (Fsp3) is 0.267. The van der Waals surface area contributed by atoms with E-state index in [0.717, 1.165) is 6.42 Å². The molecule has 30 heavy (non-hydrogen) atoms. The average Bonchev–Trinajstić information content (AvgIpc) is 3.33. The van der Waals surface area contributed by atoms with Crippen LogP contribution in [0.1, 0.15) is 55.4 Å². The zero-order chi connectivity index (χ0) is 20.9. The zero-order valence-electron chi connectivity index (χ0n) is 18.2. The van der Waals surface area contributed by atoms with Gasteiger partial charge < -0.3 is 0 Å². The third-order valence-corrected chi connectivity index (χ3v) is 7.86. The molecule has 150 valence electrons. The highest BCUT2D eigenvalue weighted by molar-refractivity contribution is 5.80. The minimum absolute atomic E-state index is 0.0479.